The van der Waals surface area contributed by atoms with Crippen LogP contribution in [0.3, 0.4) is 0 Å². The van der Waals surface area contributed by atoms with Gasteiger partial charge in [-0.1, -0.05) is 13.8 Å². The highest BCUT2D eigenvalue weighted by atomic mass is 16.5. The van der Waals surface area contributed by atoms with Crippen LogP contribution in [-0.2, 0) is 11.2 Å². The minimum absolute atomic E-state index is 0.456. The molecule has 0 aliphatic heterocycles. The van der Waals surface area contributed by atoms with Crippen molar-refractivity contribution in [2.75, 3.05) is 37.9 Å². The average Bonchev–Trinajstić information content (AvgIpc) is 2.37. The zero-order valence-electron chi connectivity index (χ0n) is 11.8. The Balaban J connectivity index is 2.65. The van der Waals surface area contributed by atoms with Crippen molar-refractivity contribution in [2.45, 2.75) is 26.7 Å². The van der Waals surface area contributed by atoms with Gasteiger partial charge in [-0.2, -0.15) is 0 Å². The Kier molecular flexibility index (Phi) is 6.43. The van der Waals surface area contributed by atoms with Crippen molar-refractivity contribution < 1.29 is 4.74 Å². The smallest absolute Gasteiger partial charge is 0.133 e. The van der Waals surface area contributed by atoms with E-state index in [1.807, 2.05) is 13.1 Å². The molecule has 1 rings (SSSR count). The van der Waals surface area contributed by atoms with E-state index in [2.05, 4.69) is 34.4 Å². The zero-order chi connectivity index (χ0) is 13.4. The van der Waals surface area contributed by atoms with Crippen molar-refractivity contribution in [2.24, 2.45) is 5.92 Å². The molecule has 0 saturated carbocycles. The first-order chi connectivity index (χ1) is 8.69. The molecule has 0 aliphatic carbocycles. The number of rotatable bonds is 8. The lowest BCUT2D eigenvalue weighted by atomic mass is 10.2. The molecule has 1 unspecified atom stereocenters. The summed E-state index contributed by atoms with van der Waals surface area (Å²) in [5, 5.41) is 6.39. The zero-order valence-corrected chi connectivity index (χ0v) is 11.8. The third-order valence-corrected chi connectivity index (χ3v) is 2.59. The van der Waals surface area contributed by atoms with Crippen molar-refractivity contribution in [1.29, 1.82) is 0 Å². The van der Waals surface area contributed by atoms with Gasteiger partial charge in [0.15, 0.2) is 0 Å². The van der Waals surface area contributed by atoms with E-state index in [-0.39, 0.29) is 0 Å². The molecule has 0 fully saturated rings. The summed E-state index contributed by atoms with van der Waals surface area (Å²) in [5.41, 5.74) is 0. The molecule has 2 N–H and O–H groups in total. The molecule has 0 aromatic carbocycles. The van der Waals surface area contributed by atoms with Crippen LogP contribution in [0.25, 0.3) is 0 Å². The number of hydrogen-bond acceptors (Lipinski definition) is 5. The standard InChI is InChI=1S/C13H24N4O/c1-5-6-11-16-12(14-3)7-13(17-11)15-8-10(2)9-18-4/h7,10H,5-6,8-9H2,1-4H3,(H2,14,15,16,17). The number of aryl methyl sites for hydroxylation is 1. The van der Waals surface area contributed by atoms with Crippen LogP contribution in [0.5, 0.6) is 0 Å². The van der Waals surface area contributed by atoms with E-state index in [9.17, 15) is 0 Å². The fourth-order valence-corrected chi connectivity index (χ4v) is 1.67. The first kappa shape index (κ1) is 14.7. The molecule has 18 heavy (non-hydrogen) atoms. The number of ether oxygens (including phenoxy) is 1. The van der Waals surface area contributed by atoms with E-state index >= 15 is 0 Å². The molecular formula is C13H24N4O. The first-order valence-corrected chi connectivity index (χ1v) is 6.48. The van der Waals surface area contributed by atoms with Crippen LogP contribution < -0.4 is 10.6 Å². The van der Waals surface area contributed by atoms with Crippen molar-refractivity contribution in [3.8, 4) is 0 Å². The lowest BCUT2D eigenvalue weighted by molar-refractivity contribution is 0.164. The van der Waals surface area contributed by atoms with Gasteiger partial charge in [-0.25, -0.2) is 9.97 Å². The lowest BCUT2D eigenvalue weighted by Gasteiger charge is -2.13. The Morgan fingerprint density at radius 1 is 1.33 bits per heavy atom. The molecule has 1 aromatic heterocycles. The SMILES string of the molecule is CCCc1nc(NC)cc(NCC(C)COC)n1. The maximum absolute atomic E-state index is 5.11. The summed E-state index contributed by atoms with van der Waals surface area (Å²) in [4.78, 5) is 8.92. The second kappa shape index (κ2) is 7.87. The molecule has 1 heterocycles. The number of nitrogens with zero attached hydrogens (tertiary/aromatic N) is 2. The second-order valence-electron chi connectivity index (χ2n) is 4.50. The first-order valence-electron chi connectivity index (χ1n) is 6.48. The van der Waals surface area contributed by atoms with Crippen LogP contribution in [0.4, 0.5) is 11.6 Å². The maximum Gasteiger partial charge on any atom is 0.133 e. The van der Waals surface area contributed by atoms with Crippen LogP contribution in [0.1, 0.15) is 26.1 Å². The molecular weight excluding hydrogens is 228 g/mol. The highest BCUT2D eigenvalue weighted by molar-refractivity contribution is 5.47. The van der Waals surface area contributed by atoms with E-state index in [4.69, 9.17) is 4.74 Å². The van der Waals surface area contributed by atoms with E-state index < -0.39 is 0 Å². The van der Waals surface area contributed by atoms with Gasteiger partial charge in [0, 0.05) is 33.2 Å². The van der Waals surface area contributed by atoms with Crippen molar-refractivity contribution >= 4 is 11.6 Å². The van der Waals surface area contributed by atoms with Gasteiger partial charge in [0.05, 0.1) is 6.61 Å². The molecule has 0 spiro atoms. The summed E-state index contributed by atoms with van der Waals surface area (Å²) in [6.45, 7) is 5.87. The predicted octanol–water partition coefficient (Wildman–Crippen LogP) is 2.17. The number of anilines is 2. The van der Waals surface area contributed by atoms with Crippen LogP contribution in [0, 0.1) is 5.92 Å². The van der Waals surface area contributed by atoms with Crippen molar-refractivity contribution in [3.05, 3.63) is 11.9 Å². The lowest BCUT2D eigenvalue weighted by Crippen LogP contribution is -2.17. The Labute approximate surface area is 109 Å². The molecule has 5 nitrogen and oxygen atoms in total. The van der Waals surface area contributed by atoms with Gasteiger partial charge in [0.2, 0.25) is 0 Å². The summed E-state index contributed by atoms with van der Waals surface area (Å²) < 4.78 is 5.11. The van der Waals surface area contributed by atoms with Gasteiger partial charge in [0.25, 0.3) is 0 Å². The molecule has 0 radical (unpaired) electrons. The number of hydrogen-bond donors (Lipinski definition) is 2. The van der Waals surface area contributed by atoms with Crippen LogP contribution in [0.2, 0.25) is 0 Å². The quantitative estimate of drug-likeness (QED) is 0.742. The molecule has 0 aliphatic rings. The number of methoxy groups -OCH3 is 1. The summed E-state index contributed by atoms with van der Waals surface area (Å²) in [5.74, 6) is 3.07. The van der Waals surface area contributed by atoms with Gasteiger partial charge in [-0.15, -0.1) is 0 Å². The van der Waals surface area contributed by atoms with Gasteiger partial charge in [-0.05, 0) is 12.3 Å². The Hall–Kier alpha value is -1.36. The average molecular weight is 252 g/mol. The van der Waals surface area contributed by atoms with Gasteiger partial charge < -0.3 is 15.4 Å². The Morgan fingerprint density at radius 2 is 2.06 bits per heavy atom. The Bertz CT molecular complexity index is 357. The summed E-state index contributed by atoms with van der Waals surface area (Å²) in [7, 11) is 3.59. The number of nitrogens with one attached hydrogen (secondary N) is 2. The van der Waals surface area contributed by atoms with E-state index in [0.717, 1.165) is 43.5 Å². The monoisotopic (exact) mass is 252 g/mol. The molecule has 1 aromatic rings. The normalized spacial score (nSPS) is 12.2. The van der Waals surface area contributed by atoms with Crippen LogP contribution in [-0.4, -0.2) is 37.3 Å². The Morgan fingerprint density at radius 3 is 2.67 bits per heavy atom. The summed E-state index contributed by atoms with van der Waals surface area (Å²) in [6, 6.07) is 1.93. The van der Waals surface area contributed by atoms with E-state index in [1.165, 1.54) is 0 Å². The highest BCUT2D eigenvalue weighted by Gasteiger charge is 2.05. The van der Waals surface area contributed by atoms with Crippen LogP contribution in [0.15, 0.2) is 6.07 Å². The highest BCUT2D eigenvalue weighted by Crippen LogP contribution is 2.12. The molecule has 0 saturated heterocycles. The summed E-state index contributed by atoms with van der Waals surface area (Å²) in [6.07, 6.45) is 1.95. The fourth-order valence-electron chi connectivity index (χ4n) is 1.67. The van der Waals surface area contributed by atoms with Gasteiger partial charge in [0.1, 0.15) is 17.5 Å². The number of aromatic nitrogens is 2. The third-order valence-electron chi connectivity index (χ3n) is 2.59. The molecule has 1 atom stereocenters. The van der Waals surface area contributed by atoms with Crippen molar-refractivity contribution in [3.63, 3.8) is 0 Å². The van der Waals surface area contributed by atoms with Crippen molar-refractivity contribution in [1.82, 2.24) is 9.97 Å². The van der Waals surface area contributed by atoms with Crippen LogP contribution >= 0.6 is 0 Å². The third kappa shape index (κ3) is 4.87. The molecule has 102 valence electrons. The van der Waals surface area contributed by atoms with E-state index in [0.29, 0.717) is 5.92 Å². The molecule has 0 bridgehead atoms. The maximum atomic E-state index is 5.11. The van der Waals surface area contributed by atoms with Gasteiger partial charge >= 0.3 is 0 Å². The minimum atomic E-state index is 0.456. The molecule has 0 amide bonds. The summed E-state index contributed by atoms with van der Waals surface area (Å²) >= 11 is 0. The fraction of sp³-hybridized carbons (Fsp3) is 0.692. The minimum Gasteiger partial charge on any atom is -0.384 e. The molecule has 5 heteroatoms. The topological polar surface area (TPSA) is 59.1 Å². The second-order valence-corrected chi connectivity index (χ2v) is 4.50. The van der Waals surface area contributed by atoms with Gasteiger partial charge in [-0.3, -0.25) is 0 Å². The van der Waals surface area contributed by atoms with E-state index in [1.54, 1.807) is 7.11 Å². The largest absolute Gasteiger partial charge is 0.384 e. The predicted molar refractivity (Wildman–Crippen MR) is 75.1 cm³/mol.